The predicted molar refractivity (Wildman–Crippen MR) is 72.1 cm³/mol. The van der Waals surface area contributed by atoms with Crippen molar-refractivity contribution in [2.75, 3.05) is 26.8 Å². The molecule has 0 aromatic carbocycles. The molecule has 0 bridgehead atoms. The summed E-state index contributed by atoms with van der Waals surface area (Å²) < 4.78 is 6.69. The smallest absolute Gasteiger partial charge is 0.0471 e. The summed E-state index contributed by atoms with van der Waals surface area (Å²) in [6, 6.07) is 2.25. The fraction of sp³-hybridized carbons (Fsp3) is 0.667. The Labute approximate surface area is 110 Å². The van der Waals surface area contributed by atoms with Crippen molar-refractivity contribution in [3.05, 3.63) is 20.8 Å². The average molecular weight is 304 g/mol. The third-order valence-corrected chi connectivity index (χ3v) is 4.97. The second kappa shape index (κ2) is 5.63. The molecule has 0 aliphatic carbocycles. The molecule has 0 atom stereocenters. The number of nitrogens with one attached hydrogen (secondary N) is 1. The maximum absolute atomic E-state index is 5.48. The van der Waals surface area contributed by atoms with Crippen LogP contribution in [0.5, 0.6) is 0 Å². The summed E-state index contributed by atoms with van der Waals surface area (Å²) >= 11 is 5.38. The predicted octanol–water partition coefficient (Wildman–Crippen LogP) is 3.07. The Kier molecular flexibility index (Phi) is 4.41. The Morgan fingerprint density at radius 2 is 2.25 bits per heavy atom. The number of rotatable bonds is 4. The highest BCUT2D eigenvalue weighted by atomic mass is 79.9. The van der Waals surface area contributed by atoms with E-state index in [1.54, 1.807) is 0 Å². The van der Waals surface area contributed by atoms with Gasteiger partial charge in [-0.15, -0.1) is 11.3 Å². The summed E-state index contributed by atoms with van der Waals surface area (Å²) in [5.74, 6) is 0. The lowest BCUT2D eigenvalue weighted by Gasteiger charge is -2.37. The van der Waals surface area contributed by atoms with Gasteiger partial charge in [0.2, 0.25) is 0 Å². The number of hydrogen-bond donors (Lipinski definition) is 1. The van der Waals surface area contributed by atoms with Crippen LogP contribution in [0.3, 0.4) is 0 Å². The molecule has 1 N–H and O–H groups in total. The van der Waals surface area contributed by atoms with Crippen molar-refractivity contribution in [3.8, 4) is 0 Å². The molecule has 90 valence electrons. The molecule has 1 fully saturated rings. The van der Waals surface area contributed by atoms with E-state index in [9.17, 15) is 0 Å². The van der Waals surface area contributed by atoms with Crippen LogP contribution in [0.2, 0.25) is 0 Å². The first-order valence-electron chi connectivity index (χ1n) is 5.69. The Hall–Kier alpha value is 0.1000. The Morgan fingerprint density at radius 1 is 1.50 bits per heavy atom. The molecular formula is C12H18BrNOS. The maximum atomic E-state index is 5.48. The van der Waals surface area contributed by atoms with Gasteiger partial charge in [0.05, 0.1) is 0 Å². The average Bonchev–Trinajstić information content (AvgIpc) is 2.65. The van der Waals surface area contributed by atoms with Gasteiger partial charge in [0, 0.05) is 34.5 Å². The van der Waals surface area contributed by atoms with Gasteiger partial charge in [0.15, 0.2) is 0 Å². The first-order chi connectivity index (χ1) is 7.74. The first kappa shape index (κ1) is 12.6. The molecule has 2 rings (SSSR count). The zero-order valence-electron chi connectivity index (χ0n) is 9.59. The number of ether oxygens (including phenoxy) is 1. The number of hydrogen-bond acceptors (Lipinski definition) is 3. The lowest BCUT2D eigenvalue weighted by Crippen LogP contribution is -2.39. The third-order valence-electron chi connectivity index (χ3n) is 3.28. The number of thiophene rings is 1. The molecule has 1 aliphatic heterocycles. The fourth-order valence-electron chi connectivity index (χ4n) is 2.41. The van der Waals surface area contributed by atoms with Crippen LogP contribution in [-0.4, -0.2) is 26.8 Å². The normalized spacial score (nSPS) is 19.9. The van der Waals surface area contributed by atoms with E-state index in [2.05, 4.69) is 32.7 Å². The number of halogens is 1. The highest BCUT2D eigenvalue weighted by Gasteiger charge is 2.32. The van der Waals surface area contributed by atoms with Gasteiger partial charge >= 0.3 is 0 Å². The molecule has 1 aromatic rings. The molecule has 0 amide bonds. The monoisotopic (exact) mass is 303 g/mol. The topological polar surface area (TPSA) is 21.3 Å². The molecule has 0 unspecified atom stereocenters. The zero-order chi connectivity index (χ0) is 11.4. The van der Waals surface area contributed by atoms with E-state index in [-0.39, 0.29) is 0 Å². The molecule has 0 radical (unpaired) electrons. The van der Waals surface area contributed by atoms with Gasteiger partial charge in [-0.3, -0.25) is 0 Å². The Bertz CT molecular complexity index is 328. The van der Waals surface area contributed by atoms with E-state index in [0.29, 0.717) is 5.41 Å². The summed E-state index contributed by atoms with van der Waals surface area (Å²) in [5.41, 5.74) is 0.400. The second-order valence-corrected chi connectivity index (χ2v) is 6.46. The van der Waals surface area contributed by atoms with Gasteiger partial charge in [-0.2, -0.15) is 0 Å². The quantitative estimate of drug-likeness (QED) is 0.923. The van der Waals surface area contributed by atoms with Crippen LogP contribution in [0.25, 0.3) is 0 Å². The van der Waals surface area contributed by atoms with Crippen LogP contribution in [0.1, 0.15) is 17.7 Å². The van der Waals surface area contributed by atoms with Gasteiger partial charge in [0.1, 0.15) is 0 Å². The van der Waals surface area contributed by atoms with Crippen molar-refractivity contribution in [1.82, 2.24) is 5.32 Å². The Morgan fingerprint density at radius 3 is 2.81 bits per heavy atom. The van der Waals surface area contributed by atoms with Gasteiger partial charge < -0.3 is 10.1 Å². The summed E-state index contributed by atoms with van der Waals surface area (Å²) in [6.07, 6.45) is 3.51. The van der Waals surface area contributed by atoms with E-state index < -0.39 is 0 Å². The van der Waals surface area contributed by atoms with Crippen molar-refractivity contribution >= 4 is 27.3 Å². The minimum atomic E-state index is 0.400. The molecule has 1 aliphatic rings. The van der Waals surface area contributed by atoms with Crippen LogP contribution >= 0.6 is 27.3 Å². The van der Waals surface area contributed by atoms with E-state index >= 15 is 0 Å². The van der Waals surface area contributed by atoms with Gasteiger partial charge in [0.25, 0.3) is 0 Å². The molecule has 4 heteroatoms. The fourth-order valence-corrected chi connectivity index (χ4v) is 4.04. The highest BCUT2D eigenvalue weighted by Crippen LogP contribution is 2.36. The summed E-state index contributed by atoms with van der Waals surface area (Å²) in [7, 11) is 2.04. The van der Waals surface area contributed by atoms with Gasteiger partial charge in [-0.25, -0.2) is 0 Å². The van der Waals surface area contributed by atoms with Crippen molar-refractivity contribution < 1.29 is 4.74 Å². The van der Waals surface area contributed by atoms with Crippen LogP contribution in [0, 0.1) is 5.41 Å². The van der Waals surface area contributed by atoms with Crippen LogP contribution in [0.15, 0.2) is 15.9 Å². The lowest BCUT2D eigenvalue weighted by atomic mass is 9.77. The summed E-state index contributed by atoms with van der Waals surface area (Å²) in [5, 5.41) is 5.51. The van der Waals surface area contributed by atoms with E-state index in [4.69, 9.17) is 4.74 Å². The SMILES string of the molecule is CNCC1(Cc2cc(Br)cs2)CCOCC1. The minimum Gasteiger partial charge on any atom is -0.381 e. The van der Waals surface area contributed by atoms with Crippen molar-refractivity contribution in [2.45, 2.75) is 19.3 Å². The van der Waals surface area contributed by atoms with Crippen molar-refractivity contribution in [1.29, 1.82) is 0 Å². The van der Waals surface area contributed by atoms with Crippen LogP contribution in [0.4, 0.5) is 0 Å². The van der Waals surface area contributed by atoms with Gasteiger partial charge in [-0.05, 0) is 53.7 Å². The van der Waals surface area contributed by atoms with E-state index in [0.717, 1.165) is 19.8 Å². The van der Waals surface area contributed by atoms with E-state index in [1.165, 1.54) is 28.6 Å². The highest BCUT2D eigenvalue weighted by molar-refractivity contribution is 9.10. The summed E-state index contributed by atoms with van der Waals surface area (Å²) in [6.45, 7) is 2.91. The zero-order valence-corrected chi connectivity index (χ0v) is 12.0. The molecule has 0 saturated carbocycles. The molecule has 2 nitrogen and oxygen atoms in total. The van der Waals surface area contributed by atoms with Crippen molar-refractivity contribution in [2.24, 2.45) is 5.41 Å². The first-order valence-corrected chi connectivity index (χ1v) is 7.37. The van der Waals surface area contributed by atoms with E-state index in [1.807, 2.05) is 18.4 Å². The maximum Gasteiger partial charge on any atom is 0.0471 e. The Balaban J connectivity index is 2.06. The third kappa shape index (κ3) is 3.06. The van der Waals surface area contributed by atoms with Crippen LogP contribution in [-0.2, 0) is 11.2 Å². The lowest BCUT2D eigenvalue weighted by molar-refractivity contribution is 0.0162. The molecule has 1 saturated heterocycles. The molecule has 0 spiro atoms. The molecular weight excluding hydrogens is 286 g/mol. The molecule has 1 aromatic heterocycles. The second-order valence-electron chi connectivity index (χ2n) is 4.55. The largest absolute Gasteiger partial charge is 0.381 e. The standard InChI is InChI=1S/C12H18BrNOS/c1-14-9-12(2-4-15-5-3-12)7-11-6-10(13)8-16-11/h6,8,14H,2-5,7,9H2,1H3. The minimum absolute atomic E-state index is 0.400. The summed E-state index contributed by atoms with van der Waals surface area (Å²) in [4.78, 5) is 1.48. The van der Waals surface area contributed by atoms with Crippen molar-refractivity contribution in [3.63, 3.8) is 0 Å². The molecule has 16 heavy (non-hydrogen) atoms. The molecule has 2 heterocycles. The van der Waals surface area contributed by atoms with Gasteiger partial charge in [-0.1, -0.05) is 0 Å². The van der Waals surface area contributed by atoms with Crippen LogP contribution < -0.4 is 5.32 Å².